The highest BCUT2D eigenvalue weighted by Crippen LogP contribution is 2.24. The lowest BCUT2D eigenvalue weighted by Crippen LogP contribution is -2.47. The summed E-state index contributed by atoms with van der Waals surface area (Å²) in [5.41, 5.74) is 16.4. The highest BCUT2D eigenvalue weighted by atomic mass is 17.2. The quantitative estimate of drug-likeness (QED) is 0.229. The number of azide groups is 2. The normalized spacial score (nSPS) is 28.4. The molecular weight excluding hydrogens is 208 g/mol. The van der Waals surface area contributed by atoms with Gasteiger partial charge in [0.1, 0.15) is 6.61 Å². The molecule has 0 N–H and O–H groups in total. The predicted molar refractivity (Wildman–Crippen MR) is 45.9 cm³/mol. The first-order valence-corrected chi connectivity index (χ1v) is 3.78. The molecule has 80 valence electrons. The average Bonchev–Trinajstić information content (AvgIpc) is 2.48. The molecule has 1 aliphatic heterocycles. The summed E-state index contributed by atoms with van der Waals surface area (Å²) in [6.45, 7) is 1.56. The Bertz CT molecular complexity index is 368. The summed E-state index contributed by atoms with van der Waals surface area (Å²) in [7, 11) is 0. The van der Waals surface area contributed by atoms with Gasteiger partial charge in [-0.1, -0.05) is 0 Å². The lowest BCUT2D eigenvalue weighted by Gasteiger charge is -2.30. The average molecular weight is 214 g/mol. The number of hydroxylamine groups is 3. The van der Waals surface area contributed by atoms with Crippen LogP contribution >= 0.6 is 0 Å². The fourth-order valence-corrected chi connectivity index (χ4v) is 0.886. The Morgan fingerprint density at radius 1 is 1.67 bits per heavy atom. The van der Waals surface area contributed by atoms with Crippen LogP contribution in [0.1, 0.15) is 6.92 Å². The van der Waals surface area contributed by atoms with Crippen LogP contribution < -0.4 is 0 Å². The molecule has 0 saturated heterocycles. The van der Waals surface area contributed by atoms with Crippen molar-refractivity contribution in [2.24, 2.45) is 15.4 Å². The van der Waals surface area contributed by atoms with Gasteiger partial charge in [0, 0.05) is 14.8 Å². The van der Waals surface area contributed by atoms with Crippen molar-refractivity contribution in [2.75, 3.05) is 6.61 Å². The van der Waals surface area contributed by atoms with E-state index in [4.69, 9.17) is 11.1 Å². The Morgan fingerprint density at radius 3 is 2.93 bits per heavy atom. The van der Waals surface area contributed by atoms with Crippen molar-refractivity contribution in [3.05, 3.63) is 26.1 Å². The molecule has 0 amide bonds. The summed E-state index contributed by atoms with van der Waals surface area (Å²) in [5.74, 6) is -0.376. The second-order valence-corrected chi connectivity index (χ2v) is 2.26. The molecule has 0 aromatic carbocycles. The summed E-state index contributed by atoms with van der Waals surface area (Å²) in [6.07, 6.45) is -1.49. The Hall–Kier alpha value is -2.03. The van der Waals surface area contributed by atoms with Crippen LogP contribution in [-0.2, 0) is 9.78 Å². The van der Waals surface area contributed by atoms with Gasteiger partial charge in [-0.3, -0.25) is 0 Å². The summed E-state index contributed by atoms with van der Waals surface area (Å²) in [6, 6.07) is 0. The maximum absolute atomic E-state index is 11.6. The molecule has 0 bridgehead atoms. The minimum atomic E-state index is -1.77. The standard InChI is InChI=1S/C4H6N8O3/c1-2-14-12(13)4(8-11-6)3(7-10-5)9-15-12/h4H,2H2,1H3. The van der Waals surface area contributed by atoms with E-state index in [1.54, 1.807) is 6.92 Å². The Labute approximate surface area is 82.8 Å². The van der Waals surface area contributed by atoms with Crippen LogP contribution in [0.5, 0.6) is 0 Å². The van der Waals surface area contributed by atoms with Crippen LogP contribution in [0.2, 0.25) is 0 Å². The third-order valence-corrected chi connectivity index (χ3v) is 1.40. The summed E-state index contributed by atoms with van der Waals surface area (Å²) in [4.78, 5) is 12.0. The molecular formula is C4H6N8O3. The second kappa shape index (κ2) is 4.46. The van der Waals surface area contributed by atoms with E-state index >= 15 is 0 Å². The van der Waals surface area contributed by atoms with E-state index in [0.717, 1.165) is 0 Å². The van der Waals surface area contributed by atoms with Crippen LogP contribution in [0.15, 0.2) is 15.4 Å². The number of hydrogen-bond donors (Lipinski definition) is 0. The van der Waals surface area contributed by atoms with Crippen molar-refractivity contribution in [3.8, 4) is 0 Å². The number of amidine groups is 1. The summed E-state index contributed by atoms with van der Waals surface area (Å²) in [5, 5.41) is 20.9. The molecule has 0 aromatic heterocycles. The molecule has 0 aliphatic carbocycles. The Morgan fingerprint density at radius 2 is 2.40 bits per heavy atom. The molecule has 2 atom stereocenters. The van der Waals surface area contributed by atoms with Crippen molar-refractivity contribution in [3.63, 3.8) is 0 Å². The number of quaternary nitrogens is 1. The van der Waals surface area contributed by atoms with Gasteiger partial charge >= 0.3 is 0 Å². The molecule has 1 aliphatic rings. The molecule has 15 heavy (non-hydrogen) atoms. The van der Waals surface area contributed by atoms with Gasteiger partial charge in [-0.05, 0) is 33.4 Å². The number of hydrogen-bond acceptors (Lipinski definition) is 6. The molecule has 2 unspecified atom stereocenters. The number of oxime groups is 1. The minimum Gasteiger partial charge on any atom is -0.552 e. The summed E-state index contributed by atoms with van der Waals surface area (Å²) >= 11 is 0. The van der Waals surface area contributed by atoms with Gasteiger partial charge in [-0.15, -0.1) is 0 Å². The first-order chi connectivity index (χ1) is 7.18. The van der Waals surface area contributed by atoms with Crippen molar-refractivity contribution < 1.29 is 14.7 Å². The van der Waals surface area contributed by atoms with Crippen LogP contribution in [0.25, 0.3) is 20.9 Å². The highest BCUT2D eigenvalue weighted by Gasteiger charge is 2.44. The maximum Gasteiger partial charge on any atom is 0.291 e. The number of nitrogens with zero attached hydrogens (tertiary/aromatic N) is 8. The van der Waals surface area contributed by atoms with E-state index < -0.39 is 11.1 Å². The molecule has 0 saturated carbocycles. The van der Waals surface area contributed by atoms with E-state index in [-0.39, 0.29) is 12.4 Å². The van der Waals surface area contributed by atoms with E-state index in [2.05, 4.69) is 35.0 Å². The predicted octanol–water partition coefficient (Wildman–Crippen LogP) is 1.46. The van der Waals surface area contributed by atoms with Crippen molar-refractivity contribution in [1.29, 1.82) is 0 Å². The van der Waals surface area contributed by atoms with E-state index in [0.29, 0.717) is 0 Å². The minimum absolute atomic E-state index is 0.0139. The third kappa shape index (κ3) is 2.07. The second-order valence-electron chi connectivity index (χ2n) is 2.26. The monoisotopic (exact) mass is 214 g/mol. The lowest BCUT2D eigenvalue weighted by atomic mass is 10.5. The zero-order chi connectivity index (χ0) is 11.3. The van der Waals surface area contributed by atoms with E-state index in [1.807, 2.05) is 0 Å². The van der Waals surface area contributed by atoms with Gasteiger partial charge < -0.3 is 5.21 Å². The SMILES string of the molecule is CCO[N+]1([O-])ON=C(N=[N+]=[N-])C1N=[N+]=[N-]. The largest absolute Gasteiger partial charge is 0.552 e. The highest BCUT2D eigenvalue weighted by molar-refractivity contribution is 5.87. The van der Waals surface area contributed by atoms with Crippen LogP contribution in [0.3, 0.4) is 0 Å². The Kier molecular flexibility index (Phi) is 3.29. The summed E-state index contributed by atoms with van der Waals surface area (Å²) < 4.78 is 0. The van der Waals surface area contributed by atoms with Crippen molar-refractivity contribution in [1.82, 2.24) is 0 Å². The van der Waals surface area contributed by atoms with Gasteiger partial charge in [-0.2, -0.15) is 9.78 Å². The first-order valence-electron chi connectivity index (χ1n) is 3.78. The fourth-order valence-electron chi connectivity index (χ4n) is 0.886. The lowest BCUT2D eigenvalue weighted by molar-refractivity contribution is -1.22. The number of rotatable bonds is 3. The van der Waals surface area contributed by atoms with Crippen LogP contribution in [0.4, 0.5) is 0 Å². The van der Waals surface area contributed by atoms with Crippen LogP contribution in [0, 0.1) is 5.21 Å². The third-order valence-electron chi connectivity index (χ3n) is 1.40. The van der Waals surface area contributed by atoms with Gasteiger partial charge in [0.2, 0.25) is 5.84 Å². The van der Waals surface area contributed by atoms with Gasteiger partial charge in [0.05, 0.1) is 0 Å². The smallest absolute Gasteiger partial charge is 0.291 e. The van der Waals surface area contributed by atoms with Gasteiger partial charge in [0.15, 0.2) is 0 Å². The molecule has 0 fully saturated rings. The van der Waals surface area contributed by atoms with Gasteiger partial charge in [-0.25, -0.2) is 0 Å². The van der Waals surface area contributed by atoms with E-state index in [9.17, 15) is 5.21 Å². The molecule has 11 heteroatoms. The molecule has 0 spiro atoms. The Balaban J connectivity index is 2.98. The molecule has 0 aromatic rings. The fraction of sp³-hybridized carbons (Fsp3) is 0.750. The zero-order valence-corrected chi connectivity index (χ0v) is 7.59. The van der Waals surface area contributed by atoms with E-state index in [1.165, 1.54) is 0 Å². The zero-order valence-electron chi connectivity index (χ0n) is 7.59. The van der Waals surface area contributed by atoms with Crippen molar-refractivity contribution in [2.45, 2.75) is 13.1 Å². The maximum atomic E-state index is 11.6. The topological polar surface area (TPSA) is 151 Å². The molecule has 11 nitrogen and oxygen atoms in total. The van der Waals surface area contributed by atoms with Gasteiger partial charge in [0.25, 0.3) is 6.17 Å². The molecule has 1 heterocycles. The van der Waals surface area contributed by atoms with Crippen LogP contribution in [-0.4, -0.2) is 23.6 Å². The molecule has 1 rings (SSSR count). The van der Waals surface area contributed by atoms with Crippen molar-refractivity contribution >= 4 is 5.84 Å². The first kappa shape index (κ1) is 11.0. The molecule has 0 radical (unpaired) electrons.